The Morgan fingerprint density at radius 2 is 1.92 bits per heavy atom. The van der Waals surface area contributed by atoms with Crippen molar-refractivity contribution in [1.29, 1.82) is 0 Å². The van der Waals surface area contributed by atoms with Crippen molar-refractivity contribution in [1.82, 2.24) is 15.3 Å². The molecule has 0 saturated carbocycles. The zero-order chi connectivity index (χ0) is 19.1. The van der Waals surface area contributed by atoms with Crippen LogP contribution < -0.4 is 5.43 Å². The van der Waals surface area contributed by atoms with E-state index in [0.29, 0.717) is 6.54 Å². The first-order valence-electron chi connectivity index (χ1n) is 10.2. The van der Waals surface area contributed by atoms with E-state index in [1.54, 1.807) is 5.01 Å². The third-order valence-corrected chi connectivity index (χ3v) is 5.29. The van der Waals surface area contributed by atoms with Crippen molar-refractivity contribution in [3.8, 4) is 0 Å². The number of carbonyl (C=O) groups is 2. The molecular formula is C21H35N3O2. The molecular weight excluding hydrogens is 326 g/mol. The predicted octanol–water partition coefficient (Wildman–Crippen LogP) is 3.43. The zero-order valence-electron chi connectivity index (χ0n) is 16.8. The number of hydrazine groups is 1. The molecule has 2 rings (SSSR count). The molecule has 5 heteroatoms. The average molecular weight is 362 g/mol. The Hall–Kier alpha value is -1.62. The fourth-order valence-electron chi connectivity index (χ4n) is 3.83. The van der Waals surface area contributed by atoms with Gasteiger partial charge < -0.3 is 4.90 Å². The Bertz CT molecular complexity index is 553. The molecule has 2 saturated heterocycles. The van der Waals surface area contributed by atoms with Crippen molar-refractivity contribution in [2.75, 3.05) is 13.1 Å². The second-order valence-corrected chi connectivity index (χ2v) is 7.61. The second-order valence-electron chi connectivity index (χ2n) is 7.61. The topological polar surface area (TPSA) is 52.7 Å². The average Bonchev–Trinajstić information content (AvgIpc) is 2.67. The zero-order valence-corrected chi connectivity index (χ0v) is 16.8. The molecule has 0 spiro atoms. The van der Waals surface area contributed by atoms with E-state index in [0.717, 1.165) is 45.1 Å². The summed E-state index contributed by atoms with van der Waals surface area (Å²) in [6.07, 6.45) is 12.3. The quantitative estimate of drug-likeness (QED) is 0.763. The number of allylic oxidation sites excluding steroid dienone is 2. The van der Waals surface area contributed by atoms with Crippen LogP contribution in [-0.4, -0.2) is 46.9 Å². The molecule has 0 radical (unpaired) electrons. The monoisotopic (exact) mass is 361 g/mol. The lowest BCUT2D eigenvalue weighted by atomic mass is 9.93. The van der Waals surface area contributed by atoms with Gasteiger partial charge in [0.05, 0.1) is 6.04 Å². The molecule has 0 aromatic rings. The van der Waals surface area contributed by atoms with Crippen molar-refractivity contribution in [3.63, 3.8) is 0 Å². The highest BCUT2D eigenvalue weighted by atomic mass is 16.2. The van der Waals surface area contributed by atoms with E-state index in [1.165, 1.54) is 5.57 Å². The Kier molecular flexibility index (Phi) is 7.88. The Balaban J connectivity index is 2.12. The lowest BCUT2D eigenvalue weighted by Gasteiger charge is -2.41. The number of hydrogen-bond donors (Lipinski definition) is 1. The van der Waals surface area contributed by atoms with E-state index in [1.807, 2.05) is 18.7 Å². The maximum Gasteiger partial charge on any atom is 0.242 e. The third kappa shape index (κ3) is 4.97. The number of rotatable bonds is 5. The molecule has 2 amide bonds. The lowest BCUT2D eigenvalue weighted by Crippen LogP contribution is -2.60. The van der Waals surface area contributed by atoms with Gasteiger partial charge in [-0.05, 0) is 51.0 Å². The van der Waals surface area contributed by atoms with Gasteiger partial charge in [-0.2, -0.15) is 0 Å². The Labute approximate surface area is 158 Å². The molecule has 2 fully saturated rings. The van der Waals surface area contributed by atoms with Gasteiger partial charge in [0.1, 0.15) is 6.04 Å². The van der Waals surface area contributed by atoms with Gasteiger partial charge in [0, 0.05) is 19.0 Å². The normalized spacial score (nSPS) is 25.2. The molecule has 1 N–H and O–H groups in total. The van der Waals surface area contributed by atoms with Gasteiger partial charge in [0.15, 0.2) is 0 Å². The van der Waals surface area contributed by atoms with E-state index < -0.39 is 0 Å². The van der Waals surface area contributed by atoms with Gasteiger partial charge in [-0.1, -0.05) is 39.0 Å². The molecule has 2 aliphatic rings. The fraction of sp³-hybridized carbons (Fsp3) is 0.714. The Morgan fingerprint density at radius 3 is 2.58 bits per heavy atom. The standard InChI is InChI=1S/C21H35N3O2/c1-5-7-11-17(6-2)19-13-8-9-14-23(19)21(26)18-12-10-15-24(22-18)20(25)16(3)4/h6-7,11,16,18-19,22H,5,8-10,12-15H2,1-4H3. The molecule has 2 heterocycles. The van der Waals surface area contributed by atoms with Gasteiger partial charge in [-0.25, -0.2) is 5.43 Å². The number of nitrogens with one attached hydrogen (secondary N) is 1. The minimum Gasteiger partial charge on any atom is -0.334 e. The fourth-order valence-corrected chi connectivity index (χ4v) is 3.83. The molecule has 146 valence electrons. The molecule has 0 aliphatic carbocycles. The third-order valence-electron chi connectivity index (χ3n) is 5.29. The van der Waals surface area contributed by atoms with E-state index >= 15 is 0 Å². The van der Waals surface area contributed by atoms with Gasteiger partial charge in [0.2, 0.25) is 11.8 Å². The van der Waals surface area contributed by atoms with Crippen LogP contribution in [0.2, 0.25) is 0 Å². The minimum absolute atomic E-state index is 0.0621. The maximum absolute atomic E-state index is 13.3. The van der Waals surface area contributed by atoms with Crippen molar-refractivity contribution in [3.05, 3.63) is 23.8 Å². The Morgan fingerprint density at radius 1 is 1.15 bits per heavy atom. The summed E-state index contributed by atoms with van der Waals surface area (Å²) in [5, 5.41) is 1.66. The molecule has 2 unspecified atom stereocenters. The first kappa shape index (κ1) is 20.7. The van der Waals surface area contributed by atoms with E-state index in [4.69, 9.17) is 0 Å². The molecule has 0 aromatic heterocycles. The number of amides is 2. The SMILES string of the molecule is CC=C(C=CCC)C1CCCCN1C(=O)C1CCCN(C(=O)C(C)C)N1. The summed E-state index contributed by atoms with van der Waals surface area (Å²) < 4.78 is 0. The molecule has 5 nitrogen and oxygen atoms in total. The van der Waals surface area contributed by atoms with Crippen LogP contribution in [0, 0.1) is 5.92 Å². The summed E-state index contributed by atoms with van der Waals surface area (Å²) in [6.45, 7) is 9.46. The molecule has 0 bridgehead atoms. The smallest absolute Gasteiger partial charge is 0.242 e. The van der Waals surface area contributed by atoms with Crippen molar-refractivity contribution < 1.29 is 9.59 Å². The highest BCUT2D eigenvalue weighted by molar-refractivity contribution is 5.84. The summed E-state index contributed by atoms with van der Waals surface area (Å²) in [6, 6.07) is -0.137. The number of nitrogens with zero attached hydrogens (tertiary/aromatic N) is 2. The first-order chi connectivity index (χ1) is 12.5. The first-order valence-corrected chi connectivity index (χ1v) is 10.2. The second kappa shape index (κ2) is 9.91. The summed E-state index contributed by atoms with van der Waals surface area (Å²) in [7, 11) is 0. The number of piperidine rings is 1. The molecule has 0 aromatic carbocycles. The van der Waals surface area contributed by atoms with Crippen LogP contribution >= 0.6 is 0 Å². The molecule has 2 aliphatic heterocycles. The summed E-state index contributed by atoms with van der Waals surface area (Å²) >= 11 is 0. The summed E-state index contributed by atoms with van der Waals surface area (Å²) in [5.74, 6) is 0.144. The highest BCUT2D eigenvalue weighted by Gasteiger charge is 2.35. The summed E-state index contributed by atoms with van der Waals surface area (Å²) in [4.78, 5) is 27.6. The number of hydrogen-bond acceptors (Lipinski definition) is 3. The van der Waals surface area contributed by atoms with Gasteiger partial charge in [-0.15, -0.1) is 0 Å². The van der Waals surface area contributed by atoms with Crippen molar-refractivity contribution in [2.24, 2.45) is 5.92 Å². The maximum atomic E-state index is 13.3. The molecule has 2 atom stereocenters. The van der Waals surface area contributed by atoms with E-state index in [9.17, 15) is 9.59 Å². The van der Waals surface area contributed by atoms with Gasteiger partial charge in [-0.3, -0.25) is 14.6 Å². The molecule has 26 heavy (non-hydrogen) atoms. The van der Waals surface area contributed by atoms with Crippen LogP contribution in [0.25, 0.3) is 0 Å². The predicted molar refractivity (Wildman–Crippen MR) is 105 cm³/mol. The van der Waals surface area contributed by atoms with Crippen LogP contribution in [0.4, 0.5) is 0 Å². The van der Waals surface area contributed by atoms with Gasteiger partial charge >= 0.3 is 0 Å². The van der Waals surface area contributed by atoms with E-state index in [2.05, 4.69) is 37.5 Å². The van der Waals surface area contributed by atoms with Crippen LogP contribution in [0.5, 0.6) is 0 Å². The highest BCUT2D eigenvalue weighted by Crippen LogP contribution is 2.26. The van der Waals surface area contributed by atoms with Crippen LogP contribution in [0.3, 0.4) is 0 Å². The van der Waals surface area contributed by atoms with Crippen LogP contribution in [0.15, 0.2) is 23.8 Å². The lowest BCUT2D eigenvalue weighted by molar-refractivity contribution is -0.146. The van der Waals surface area contributed by atoms with Crippen molar-refractivity contribution >= 4 is 11.8 Å². The minimum atomic E-state index is -0.291. The number of carbonyl (C=O) groups excluding carboxylic acids is 2. The van der Waals surface area contributed by atoms with Crippen LogP contribution in [0.1, 0.15) is 66.2 Å². The van der Waals surface area contributed by atoms with Gasteiger partial charge in [0.25, 0.3) is 0 Å². The van der Waals surface area contributed by atoms with Crippen LogP contribution in [-0.2, 0) is 9.59 Å². The van der Waals surface area contributed by atoms with E-state index in [-0.39, 0.29) is 29.8 Å². The van der Waals surface area contributed by atoms with Crippen molar-refractivity contribution in [2.45, 2.75) is 78.3 Å². The number of likely N-dealkylation sites (tertiary alicyclic amines) is 1. The summed E-state index contributed by atoms with van der Waals surface area (Å²) in [5.41, 5.74) is 4.44. The largest absolute Gasteiger partial charge is 0.334 e.